The Morgan fingerprint density at radius 1 is 0.870 bits per heavy atom. The van der Waals surface area contributed by atoms with Crippen molar-refractivity contribution < 1.29 is 39.6 Å². The molecule has 0 unspecified atom stereocenters. The minimum atomic E-state index is -1.80. The van der Waals surface area contributed by atoms with Gasteiger partial charge in [0.15, 0.2) is 0 Å². The Labute approximate surface area is 128 Å². The van der Waals surface area contributed by atoms with Crippen LogP contribution in [0.3, 0.4) is 0 Å². The summed E-state index contributed by atoms with van der Waals surface area (Å²) >= 11 is 0. The summed E-state index contributed by atoms with van der Waals surface area (Å²) in [5, 5.41) is 35.3. The summed E-state index contributed by atoms with van der Waals surface area (Å²) in [5.74, 6) is 0. The molecule has 0 aliphatic heterocycles. The first-order chi connectivity index (χ1) is 10.7. The molecule has 0 spiro atoms. The summed E-state index contributed by atoms with van der Waals surface area (Å²) in [6.45, 7) is 3.01. The van der Waals surface area contributed by atoms with Gasteiger partial charge in [-0.05, 0) is 0 Å². The zero-order chi connectivity index (χ0) is 18.3. The molecule has 0 bridgehead atoms. The van der Waals surface area contributed by atoms with E-state index in [1.165, 1.54) is 12.5 Å². The molecular formula is C9H15N3O11. The quantitative estimate of drug-likeness (QED) is 0.283. The maximum absolute atomic E-state index is 9.99. The van der Waals surface area contributed by atoms with Crippen molar-refractivity contribution in [2.24, 2.45) is 5.41 Å². The molecule has 0 heterocycles. The molecule has 0 saturated carbocycles. The van der Waals surface area contributed by atoms with Crippen LogP contribution in [0.2, 0.25) is 0 Å². The van der Waals surface area contributed by atoms with Crippen LogP contribution < -0.4 is 0 Å². The molecular weight excluding hydrogens is 326 g/mol. The molecule has 0 fully saturated rings. The molecule has 1 N–H and O–H groups in total. The molecule has 0 rings (SSSR count). The summed E-state index contributed by atoms with van der Waals surface area (Å²) in [7, 11) is 0. The molecule has 0 radical (unpaired) electrons. The number of aliphatic hydroxyl groups is 1. The second kappa shape index (κ2) is 12.6. The standard InChI is InChI=1S/C5H9N3O10.C4H6O/c9-1-5(2-16-6(10)11,3-17-7(12)13)4-18-8(14)15;1-3-5-4-2/h9H,1-4H2;3-4H,1-2H2. The molecule has 14 nitrogen and oxygen atoms in total. The van der Waals surface area contributed by atoms with Gasteiger partial charge in [-0.25, -0.2) is 0 Å². The fraction of sp³-hybridized carbons (Fsp3) is 0.556. The molecule has 132 valence electrons. The number of rotatable bonds is 12. The maximum atomic E-state index is 9.99. The highest BCUT2D eigenvalue weighted by Gasteiger charge is 2.34. The van der Waals surface area contributed by atoms with Crippen LogP contribution in [-0.2, 0) is 19.2 Å². The van der Waals surface area contributed by atoms with Gasteiger partial charge < -0.3 is 24.4 Å². The van der Waals surface area contributed by atoms with Crippen LogP contribution in [-0.4, -0.2) is 46.8 Å². The van der Waals surface area contributed by atoms with E-state index in [0.717, 1.165) is 0 Å². The highest BCUT2D eigenvalue weighted by Crippen LogP contribution is 2.19. The number of aliphatic hydroxyl groups excluding tert-OH is 1. The monoisotopic (exact) mass is 341 g/mol. The molecule has 0 atom stereocenters. The van der Waals surface area contributed by atoms with E-state index in [9.17, 15) is 30.3 Å². The first-order valence-corrected chi connectivity index (χ1v) is 5.53. The van der Waals surface area contributed by atoms with Crippen molar-refractivity contribution in [1.82, 2.24) is 0 Å². The van der Waals surface area contributed by atoms with E-state index in [0.29, 0.717) is 0 Å². The highest BCUT2D eigenvalue weighted by molar-refractivity contribution is 4.76. The van der Waals surface area contributed by atoms with E-state index in [1.807, 2.05) is 0 Å². The van der Waals surface area contributed by atoms with Crippen molar-refractivity contribution >= 4 is 0 Å². The summed E-state index contributed by atoms with van der Waals surface area (Å²) in [4.78, 5) is 41.7. The van der Waals surface area contributed by atoms with Crippen molar-refractivity contribution in [2.75, 3.05) is 26.4 Å². The Hall–Kier alpha value is -3.16. The lowest BCUT2D eigenvalue weighted by molar-refractivity contribution is -0.782. The fourth-order valence-corrected chi connectivity index (χ4v) is 0.899. The van der Waals surface area contributed by atoms with Crippen LogP contribution >= 0.6 is 0 Å². The highest BCUT2D eigenvalue weighted by atomic mass is 17.0. The molecule has 23 heavy (non-hydrogen) atoms. The molecule has 0 aromatic carbocycles. The van der Waals surface area contributed by atoms with Crippen LogP contribution in [0.25, 0.3) is 0 Å². The molecule has 14 heteroatoms. The third-order valence-corrected chi connectivity index (χ3v) is 1.96. The Bertz CT molecular complexity index is 362. The van der Waals surface area contributed by atoms with E-state index < -0.39 is 47.1 Å². The van der Waals surface area contributed by atoms with Gasteiger partial charge in [-0.15, -0.1) is 30.3 Å². The van der Waals surface area contributed by atoms with Crippen molar-refractivity contribution in [2.45, 2.75) is 0 Å². The smallest absolute Gasteiger partial charge is 0.294 e. The van der Waals surface area contributed by atoms with E-state index >= 15 is 0 Å². The van der Waals surface area contributed by atoms with Gasteiger partial charge in [-0.3, -0.25) is 0 Å². The second-order valence-corrected chi connectivity index (χ2v) is 3.62. The number of ether oxygens (including phenoxy) is 1. The maximum Gasteiger partial charge on any atom is 0.294 e. The average Bonchev–Trinajstić information content (AvgIpc) is 2.48. The van der Waals surface area contributed by atoms with Crippen LogP contribution in [0.4, 0.5) is 0 Å². The van der Waals surface area contributed by atoms with Crippen LogP contribution in [0.5, 0.6) is 0 Å². The molecule has 0 aromatic rings. The van der Waals surface area contributed by atoms with Gasteiger partial charge in [0.05, 0.1) is 24.5 Å². The van der Waals surface area contributed by atoms with Gasteiger partial charge in [-0.1, -0.05) is 13.2 Å². The summed E-state index contributed by atoms with van der Waals surface area (Å²) in [6.07, 6.45) is 2.62. The van der Waals surface area contributed by atoms with Crippen molar-refractivity contribution in [1.29, 1.82) is 0 Å². The van der Waals surface area contributed by atoms with Gasteiger partial charge in [0.25, 0.3) is 15.3 Å². The molecule has 0 amide bonds. The second-order valence-electron chi connectivity index (χ2n) is 3.62. The summed E-state index contributed by atoms with van der Waals surface area (Å²) < 4.78 is 4.36. The Morgan fingerprint density at radius 3 is 1.30 bits per heavy atom. The summed E-state index contributed by atoms with van der Waals surface area (Å²) in [6, 6.07) is 0. The van der Waals surface area contributed by atoms with Gasteiger partial charge in [0.2, 0.25) is 0 Å². The number of hydrogen-bond donors (Lipinski definition) is 1. The Morgan fingerprint density at radius 2 is 1.17 bits per heavy atom. The fourth-order valence-electron chi connectivity index (χ4n) is 0.899. The van der Waals surface area contributed by atoms with Gasteiger partial charge in [0.1, 0.15) is 19.8 Å². The minimum Gasteiger partial charge on any atom is -0.474 e. The topological polar surface area (TPSA) is 187 Å². The van der Waals surface area contributed by atoms with Gasteiger partial charge in [-0.2, -0.15) is 0 Å². The van der Waals surface area contributed by atoms with E-state index in [4.69, 9.17) is 5.11 Å². The summed E-state index contributed by atoms with van der Waals surface area (Å²) in [5.41, 5.74) is -1.80. The Balaban J connectivity index is 0. The van der Waals surface area contributed by atoms with E-state index in [2.05, 4.69) is 32.4 Å². The zero-order valence-corrected chi connectivity index (χ0v) is 11.8. The average molecular weight is 341 g/mol. The molecule has 0 aliphatic rings. The van der Waals surface area contributed by atoms with Crippen molar-refractivity contribution in [3.05, 3.63) is 56.0 Å². The zero-order valence-electron chi connectivity index (χ0n) is 11.8. The van der Waals surface area contributed by atoms with E-state index in [-0.39, 0.29) is 0 Å². The Kier molecular flexibility index (Phi) is 12.1. The first-order valence-electron chi connectivity index (χ1n) is 5.53. The van der Waals surface area contributed by atoms with Crippen LogP contribution in [0.15, 0.2) is 25.7 Å². The predicted octanol–water partition coefficient (Wildman–Crippen LogP) is -0.120. The van der Waals surface area contributed by atoms with Crippen molar-refractivity contribution in [3.8, 4) is 0 Å². The lowest BCUT2D eigenvalue weighted by Gasteiger charge is -2.27. The minimum absolute atomic E-state index is 0.863. The molecule has 0 aliphatic carbocycles. The van der Waals surface area contributed by atoms with E-state index in [1.54, 1.807) is 0 Å². The third kappa shape index (κ3) is 13.6. The number of hydrogen-bond acceptors (Lipinski definition) is 11. The predicted molar refractivity (Wildman–Crippen MR) is 69.8 cm³/mol. The third-order valence-electron chi connectivity index (χ3n) is 1.96. The molecule has 0 saturated heterocycles. The molecule has 0 aromatic heterocycles. The lowest BCUT2D eigenvalue weighted by atomic mass is 9.93. The van der Waals surface area contributed by atoms with Gasteiger partial charge >= 0.3 is 0 Å². The van der Waals surface area contributed by atoms with Crippen LogP contribution in [0.1, 0.15) is 0 Å². The normalized spacial score (nSPS) is 9.43. The van der Waals surface area contributed by atoms with Crippen LogP contribution in [0, 0.1) is 35.8 Å². The SMILES string of the molecule is C=COC=C.O=[N+]([O-])OCC(CO)(CO[N+](=O)[O-])CO[N+](=O)[O-]. The lowest BCUT2D eigenvalue weighted by Crippen LogP contribution is -2.42. The number of nitrogens with zero attached hydrogens (tertiary/aromatic N) is 3. The first kappa shape index (κ1) is 22.1. The largest absolute Gasteiger partial charge is 0.474 e. The van der Waals surface area contributed by atoms with Gasteiger partial charge in [0, 0.05) is 0 Å². The van der Waals surface area contributed by atoms with Crippen molar-refractivity contribution in [3.63, 3.8) is 0 Å².